The number of hydrogen-bond acceptors (Lipinski definition) is 2. The Morgan fingerprint density at radius 3 is 2.78 bits per heavy atom. The van der Waals surface area contributed by atoms with Crippen molar-refractivity contribution in [3.05, 3.63) is 41.6 Å². The van der Waals surface area contributed by atoms with Crippen molar-refractivity contribution < 1.29 is 14.0 Å². The molecule has 0 saturated heterocycles. The molecular formula is C13H14FN2O2. The lowest BCUT2D eigenvalue weighted by molar-refractivity contribution is -0.118. The van der Waals surface area contributed by atoms with Crippen molar-refractivity contribution in [3.63, 3.8) is 0 Å². The van der Waals surface area contributed by atoms with Crippen molar-refractivity contribution in [1.82, 2.24) is 5.32 Å². The topological polar surface area (TPSA) is 72.2 Å². The number of primary amides is 1. The van der Waals surface area contributed by atoms with Gasteiger partial charge in [-0.25, -0.2) is 4.39 Å². The molecule has 1 aromatic carbocycles. The highest BCUT2D eigenvalue weighted by atomic mass is 19.1. The highest BCUT2D eigenvalue weighted by Gasteiger charge is 2.23. The van der Waals surface area contributed by atoms with Gasteiger partial charge in [-0.15, -0.1) is 0 Å². The Morgan fingerprint density at radius 1 is 1.44 bits per heavy atom. The zero-order chi connectivity index (χ0) is 13.1. The van der Waals surface area contributed by atoms with E-state index < -0.39 is 11.7 Å². The van der Waals surface area contributed by atoms with Gasteiger partial charge in [0.15, 0.2) is 0 Å². The Morgan fingerprint density at radius 2 is 2.17 bits per heavy atom. The highest BCUT2D eigenvalue weighted by molar-refractivity contribution is 5.95. The van der Waals surface area contributed by atoms with Crippen molar-refractivity contribution in [1.29, 1.82) is 0 Å². The molecule has 95 valence electrons. The maximum Gasteiger partial charge on any atom is 0.249 e. The van der Waals surface area contributed by atoms with E-state index in [-0.39, 0.29) is 23.9 Å². The van der Waals surface area contributed by atoms with Crippen LogP contribution in [0.5, 0.6) is 0 Å². The second-order valence-electron chi connectivity index (χ2n) is 4.36. The summed E-state index contributed by atoms with van der Waals surface area (Å²) < 4.78 is 13.0. The van der Waals surface area contributed by atoms with Crippen molar-refractivity contribution >= 4 is 11.8 Å². The molecule has 0 heterocycles. The molecule has 1 saturated carbocycles. The predicted molar refractivity (Wildman–Crippen MR) is 64.1 cm³/mol. The molecule has 4 nitrogen and oxygen atoms in total. The number of nitrogens with one attached hydrogen (secondary N) is 1. The number of rotatable bonds is 5. The second kappa shape index (κ2) is 5.16. The molecule has 1 aliphatic rings. The summed E-state index contributed by atoms with van der Waals surface area (Å²) in [6.45, 7) is 0. The van der Waals surface area contributed by atoms with E-state index >= 15 is 0 Å². The maximum absolute atomic E-state index is 13.0. The van der Waals surface area contributed by atoms with Gasteiger partial charge in [0.05, 0.1) is 6.42 Å². The first-order valence-electron chi connectivity index (χ1n) is 5.78. The molecule has 0 atom stereocenters. The number of nitrogens with two attached hydrogens (primary N) is 1. The molecule has 2 rings (SSSR count). The molecular weight excluding hydrogens is 235 g/mol. The van der Waals surface area contributed by atoms with E-state index in [1.807, 2.05) is 0 Å². The van der Waals surface area contributed by atoms with Crippen LogP contribution in [0.15, 0.2) is 18.2 Å². The Kier molecular flexibility index (Phi) is 3.60. The average Bonchev–Trinajstić information content (AvgIpc) is 3.11. The first-order chi connectivity index (χ1) is 8.56. The van der Waals surface area contributed by atoms with Crippen LogP contribution in [-0.4, -0.2) is 17.9 Å². The van der Waals surface area contributed by atoms with Crippen molar-refractivity contribution in [2.24, 2.45) is 5.73 Å². The monoisotopic (exact) mass is 249 g/mol. The lowest BCUT2D eigenvalue weighted by Crippen LogP contribution is -2.26. The minimum absolute atomic E-state index is 0.116. The molecule has 1 aliphatic carbocycles. The third kappa shape index (κ3) is 3.29. The fraction of sp³-hybridized carbons (Fsp3) is 0.308. The number of halogens is 1. The zero-order valence-corrected chi connectivity index (χ0v) is 9.78. The average molecular weight is 249 g/mol. The normalized spacial score (nSPS) is 14.3. The molecule has 1 fully saturated rings. The van der Waals surface area contributed by atoms with Gasteiger partial charge < -0.3 is 11.1 Å². The third-order valence-electron chi connectivity index (χ3n) is 2.77. The summed E-state index contributed by atoms with van der Waals surface area (Å²) in [5, 5.41) is 2.80. The Balaban J connectivity index is 1.99. The molecule has 0 aliphatic heterocycles. The summed E-state index contributed by atoms with van der Waals surface area (Å²) in [5.41, 5.74) is 5.83. The molecule has 0 unspecified atom stereocenters. The van der Waals surface area contributed by atoms with Crippen LogP contribution in [0, 0.1) is 12.2 Å². The lowest BCUT2D eigenvalue weighted by Gasteiger charge is -2.07. The molecule has 0 aromatic heterocycles. The largest absolute Gasteiger partial charge is 0.366 e. The first-order valence-corrected chi connectivity index (χ1v) is 5.78. The fourth-order valence-electron chi connectivity index (χ4n) is 1.65. The van der Waals surface area contributed by atoms with Crippen LogP contribution < -0.4 is 11.1 Å². The van der Waals surface area contributed by atoms with E-state index in [0.717, 1.165) is 18.9 Å². The molecule has 0 bridgehead atoms. The van der Waals surface area contributed by atoms with Crippen LogP contribution in [0.1, 0.15) is 28.8 Å². The summed E-state index contributed by atoms with van der Waals surface area (Å²) in [7, 11) is 0. The molecule has 2 amide bonds. The van der Waals surface area contributed by atoms with E-state index in [9.17, 15) is 14.0 Å². The fourth-order valence-corrected chi connectivity index (χ4v) is 1.65. The standard InChI is InChI=1S/C13H14FN2O2/c14-9-3-1-8(11(7-9)13(15)18)2-6-12(17)16-10-4-5-10/h1,3,6-7,10H,2,4-5H2,(H2,15,18)(H,16,17). The number of carbonyl (C=O) groups excluding carboxylic acids is 2. The summed E-state index contributed by atoms with van der Waals surface area (Å²) in [4.78, 5) is 22.6. The predicted octanol–water partition coefficient (Wildman–Crippen LogP) is 0.950. The maximum atomic E-state index is 13.0. The lowest BCUT2D eigenvalue weighted by atomic mass is 10.0. The smallest absolute Gasteiger partial charge is 0.249 e. The number of carbonyl (C=O) groups is 2. The number of hydrogen-bond donors (Lipinski definition) is 2. The summed E-state index contributed by atoms with van der Waals surface area (Å²) >= 11 is 0. The van der Waals surface area contributed by atoms with Crippen LogP contribution >= 0.6 is 0 Å². The molecule has 3 N–H and O–H groups in total. The molecule has 1 aromatic rings. The van der Waals surface area contributed by atoms with Crippen LogP contribution in [0.25, 0.3) is 0 Å². The van der Waals surface area contributed by atoms with Gasteiger partial charge in [-0.05, 0) is 37.0 Å². The van der Waals surface area contributed by atoms with Gasteiger partial charge in [-0.3, -0.25) is 9.59 Å². The van der Waals surface area contributed by atoms with Gasteiger partial charge >= 0.3 is 0 Å². The Bertz CT molecular complexity index is 484. The van der Waals surface area contributed by atoms with Crippen molar-refractivity contribution in [2.45, 2.75) is 25.3 Å². The van der Waals surface area contributed by atoms with Gasteiger partial charge in [0.2, 0.25) is 11.8 Å². The summed E-state index contributed by atoms with van der Waals surface area (Å²) in [5.74, 6) is -1.38. The van der Waals surface area contributed by atoms with Gasteiger partial charge in [0.1, 0.15) is 5.82 Å². The molecule has 5 heteroatoms. The van der Waals surface area contributed by atoms with E-state index in [1.54, 1.807) is 0 Å². The van der Waals surface area contributed by atoms with E-state index in [0.29, 0.717) is 5.56 Å². The molecule has 18 heavy (non-hydrogen) atoms. The van der Waals surface area contributed by atoms with Gasteiger partial charge in [0, 0.05) is 11.6 Å². The van der Waals surface area contributed by atoms with Crippen LogP contribution in [0.4, 0.5) is 4.39 Å². The number of benzene rings is 1. The zero-order valence-electron chi connectivity index (χ0n) is 9.78. The minimum atomic E-state index is -0.694. The second-order valence-corrected chi connectivity index (χ2v) is 4.36. The van der Waals surface area contributed by atoms with Gasteiger partial charge in [0.25, 0.3) is 0 Å². The number of amides is 2. The highest BCUT2D eigenvalue weighted by Crippen LogP contribution is 2.19. The third-order valence-corrected chi connectivity index (χ3v) is 2.77. The van der Waals surface area contributed by atoms with Gasteiger partial charge in [-0.1, -0.05) is 6.07 Å². The van der Waals surface area contributed by atoms with Crippen LogP contribution in [-0.2, 0) is 11.2 Å². The molecule has 0 spiro atoms. The van der Waals surface area contributed by atoms with Crippen LogP contribution in [0.3, 0.4) is 0 Å². The summed E-state index contributed by atoms with van der Waals surface area (Å²) in [6.07, 6.45) is 3.74. The molecule has 1 radical (unpaired) electrons. The Labute approximate surface area is 104 Å². The van der Waals surface area contributed by atoms with Gasteiger partial charge in [-0.2, -0.15) is 0 Å². The Hall–Kier alpha value is -1.91. The van der Waals surface area contributed by atoms with E-state index in [2.05, 4.69) is 5.32 Å². The summed E-state index contributed by atoms with van der Waals surface area (Å²) in [6, 6.07) is 4.09. The van der Waals surface area contributed by atoms with Crippen molar-refractivity contribution in [3.8, 4) is 0 Å². The SMILES string of the molecule is NC(=O)c1cc(F)ccc1C[CH]C(=O)NC1CC1. The van der Waals surface area contributed by atoms with E-state index in [4.69, 9.17) is 5.73 Å². The van der Waals surface area contributed by atoms with Crippen LogP contribution in [0.2, 0.25) is 0 Å². The van der Waals surface area contributed by atoms with Crippen molar-refractivity contribution in [2.75, 3.05) is 0 Å². The minimum Gasteiger partial charge on any atom is -0.366 e. The quantitative estimate of drug-likeness (QED) is 0.815. The first kappa shape index (κ1) is 12.5. The van der Waals surface area contributed by atoms with E-state index in [1.165, 1.54) is 18.6 Å².